The molecule has 138 valence electrons. The van der Waals surface area contributed by atoms with Crippen molar-refractivity contribution >= 4 is 44.8 Å². The molecule has 0 aliphatic carbocycles. The summed E-state index contributed by atoms with van der Waals surface area (Å²) >= 11 is 11.8. The molecule has 0 radical (unpaired) electrons. The van der Waals surface area contributed by atoms with Crippen LogP contribution in [0.3, 0.4) is 0 Å². The molecule has 0 bridgehead atoms. The third kappa shape index (κ3) is 5.30. The lowest BCUT2D eigenvalue weighted by atomic mass is 10.0. The quantitative estimate of drug-likeness (QED) is 0.510. The van der Waals surface area contributed by atoms with E-state index in [-0.39, 0.29) is 0 Å². The van der Waals surface area contributed by atoms with Gasteiger partial charge in [-0.05, 0) is 35.4 Å². The Morgan fingerprint density at radius 2 is 1.35 bits per heavy atom. The average Bonchev–Trinajstić information content (AvgIpc) is 2.57. The zero-order chi connectivity index (χ0) is 19.3. The summed E-state index contributed by atoms with van der Waals surface area (Å²) < 4.78 is 30.3. The Hall–Kier alpha value is -1.89. The number of ketones is 1. The first-order valence-electron chi connectivity index (χ1n) is 7.54. The summed E-state index contributed by atoms with van der Waals surface area (Å²) in [6, 6.07) is 12.6. The number of rotatable bonds is 7. The summed E-state index contributed by atoms with van der Waals surface area (Å²) in [4.78, 5) is 23.2. The van der Waals surface area contributed by atoms with Gasteiger partial charge in [0.15, 0.2) is 15.6 Å². The summed E-state index contributed by atoms with van der Waals surface area (Å²) in [5.74, 6) is -2.29. The van der Waals surface area contributed by atoms with E-state index < -0.39 is 39.0 Å². The third-order valence-corrected chi connectivity index (χ3v) is 6.13. The van der Waals surface area contributed by atoms with E-state index in [4.69, 9.17) is 23.2 Å². The van der Waals surface area contributed by atoms with Gasteiger partial charge < -0.3 is 4.74 Å². The molecule has 0 saturated carbocycles. The molecule has 26 heavy (non-hydrogen) atoms. The highest BCUT2D eigenvalue weighted by molar-refractivity contribution is 7.92. The number of carbonyl (C=O) groups is 2. The Labute approximate surface area is 161 Å². The maximum absolute atomic E-state index is 12.9. The fourth-order valence-corrected chi connectivity index (χ4v) is 4.59. The van der Waals surface area contributed by atoms with Crippen LogP contribution in [-0.2, 0) is 24.2 Å². The van der Waals surface area contributed by atoms with E-state index in [0.717, 1.165) is 7.11 Å². The van der Waals surface area contributed by atoms with Crippen molar-refractivity contribution in [1.82, 2.24) is 0 Å². The maximum atomic E-state index is 12.9. The summed E-state index contributed by atoms with van der Waals surface area (Å²) in [7, 11) is -2.82. The minimum absolute atomic E-state index is 0.461. The molecule has 2 aromatic rings. The van der Waals surface area contributed by atoms with Crippen molar-refractivity contribution in [3.05, 3.63) is 69.7 Å². The standard InChI is InChI=1S/C18H16Cl2O5S/c1-25-17(22)10-16(21)11-26(23,24)18(12-2-6-14(19)7-3-12)13-4-8-15(20)9-5-13/h2-9,18H,10-11H2,1H3. The van der Waals surface area contributed by atoms with Crippen molar-refractivity contribution in [3.8, 4) is 0 Å². The molecule has 8 heteroatoms. The van der Waals surface area contributed by atoms with Crippen LogP contribution in [0.2, 0.25) is 10.0 Å². The number of ether oxygens (including phenoxy) is 1. The second-order valence-electron chi connectivity index (χ2n) is 5.58. The van der Waals surface area contributed by atoms with Crippen molar-refractivity contribution in [1.29, 1.82) is 0 Å². The molecular formula is C18H16Cl2O5S. The van der Waals surface area contributed by atoms with E-state index in [0.29, 0.717) is 21.2 Å². The second kappa shape index (κ2) is 8.66. The van der Waals surface area contributed by atoms with Crippen molar-refractivity contribution in [3.63, 3.8) is 0 Å². The van der Waals surface area contributed by atoms with Crippen LogP contribution in [0.1, 0.15) is 22.8 Å². The molecule has 0 heterocycles. The van der Waals surface area contributed by atoms with Gasteiger partial charge in [0.25, 0.3) is 0 Å². The Morgan fingerprint density at radius 3 is 1.73 bits per heavy atom. The minimum atomic E-state index is -3.95. The highest BCUT2D eigenvalue weighted by Gasteiger charge is 2.31. The third-order valence-electron chi connectivity index (χ3n) is 3.64. The Bertz CT molecular complexity index is 845. The average molecular weight is 415 g/mol. The lowest BCUT2D eigenvalue weighted by Gasteiger charge is -2.18. The topological polar surface area (TPSA) is 77.5 Å². The van der Waals surface area contributed by atoms with Gasteiger partial charge in [0, 0.05) is 10.0 Å². The predicted molar refractivity (Wildman–Crippen MR) is 100 cm³/mol. The number of hydrogen-bond donors (Lipinski definition) is 0. The van der Waals surface area contributed by atoms with Crippen LogP contribution in [0.25, 0.3) is 0 Å². The number of halogens is 2. The maximum Gasteiger partial charge on any atom is 0.313 e. The number of benzene rings is 2. The van der Waals surface area contributed by atoms with Crippen LogP contribution in [0.15, 0.2) is 48.5 Å². The molecule has 0 N–H and O–H groups in total. The van der Waals surface area contributed by atoms with Crippen molar-refractivity contribution in [2.24, 2.45) is 0 Å². The van der Waals surface area contributed by atoms with Crippen LogP contribution in [0, 0.1) is 0 Å². The molecule has 0 aliphatic heterocycles. The zero-order valence-electron chi connectivity index (χ0n) is 13.8. The van der Waals surface area contributed by atoms with Gasteiger partial charge in [0.05, 0.1) is 7.11 Å². The first-order valence-corrected chi connectivity index (χ1v) is 10.0. The molecule has 0 aromatic heterocycles. The van der Waals surface area contributed by atoms with Crippen LogP contribution < -0.4 is 0 Å². The van der Waals surface area contributed by atoms with E-state index in [9.17, 15) is 18.0 Å². The predicted octanol–water partition coefficient (Wildman–Crippen LogP) is 3.63. The number of esters is 1. The van der Waals surface area contributed by atoms with Gasteiger partial charge in [-0.25, -0.2) is 8.42 Å². The normalized spacial score (nSPS) is 11.4. The lowest BCUT2D eigenvalue weighted by Crippen LogP contribution is -2.25. The molecular weight excluding hydrogens is 399 g/mol. The molecule has 0 fully saturated rings. The van der Waals surface area contributed by atoms with E-state index in [1.54, 1.807) is 48.5 Å². The molecule has 0 unspecified atom stereocenters. The van der Waals surface area contributed by atoms with Gasteiger partial charge in [-0.2, -0.15) is 0 Å². The SMILES string of the molecule is COC(=O)CC(=O)CS(=O)(=O)C(c1ccc(Cl)cc1)c1ccc(Cl)cc1. The van der Waals surface area contributed by atoms with E-state index in [1.807, 2.05) is 0 Å². The summed E-state index contributed by atoms with van der Waals surface area (Å²) in [6.45, 7) is 0. The van der Waals surface area contributed by atoms with Crippen LogP contribution in [0.5, 0.6) is 0 Å². The molecule has 0 atom stereocenters. The van der Waals surface area contributed by atoms with Gasteiger partial charge in [-0.15, -0.1) is 0 Å². The number of methoxy groups -OCH3 is 1. The monoisotopic (exact) mass is 414 g/mol. The number of sulfone groups is 1. The minimum Gasteiger partial charge on any atom is -0.469 e. The largest absolute Gasteiger partial charge is 0.469 e. The van der Waals surface area contributed by atoms with Gasteiger partial charge in [-0.3, -0.25) is 9.59 Å². The van der Waals surface area contributed by atoms with Gasteiger partial charge in [-0.1, -0.05) is 47.5 Å². The summed E-state index contributed by atoms with van der Waals surface area (Å²) in [5.41, 5.74) is 0.921. The molecule has 0 amide bonds. The van der Waals surface area contributed by atoms with Crippen molar-refractivity contribution < 1.29 is 22.7 Å². The van der Waals surface area contributed by atoms with Gasteiger partial charge in [0.2, 0.25) is 0 Å². The van der Waals surface area contributed by atoms with Crippen LogP contribution in [-0.4, -0.2) is 33.0 Å². The zero-order valence-corrected chi connectivity index (χ0v) is 16.1. The summed E-state index contributed by atoms with van der Waals surface area (Å²) in [5, 5.41) is -0.163. The molecule has 0 aliphatic rings. The fraction of sp³-hybridized carbons (Fsp3) is 0.222. The van der Waals surface area contributed by atoms with Gasteiger partial charge >= 0.3 is 5.97 Å². The summed E-state index contributed by atoms with van der Waals surface area (Å²) in [6.07, 6.45) is -0.594. The Kier molecular flexibility index (Phi) is 6.81. The van der Waals surface area contributed by atoms with Gasteiger partial charge in [0.1, 0.15) is 17.4 Å². The highest BCUT2D eigenvalue weighted by atomic mass is 35.5. The lowest BCUT2D eigenvalue weighted by molar-refractivity contribution is -0.142. The van der Waals surface area contributed by atoms with E-state index in [2.05, 4.69) is 4.74 Å². The molecule has 5 nitrogen and oxygen atoms in total. The second-order valence-corrected chi connectivity index (χ2v) is 8.54. The first-order chi connectivity index (χ1) is 12.2. The van der Waals surface area contributed by atoms with Crippen molar-refractivity contribution in [2.45, 2.75) is 11.7 Å². The molecule has 2 rings (SSSR count). The van der Waals surface area contributed by atoms with Crippen LogP contribution in [0.4, 0.5) is 0 Å². The first kappa shape index (κ1) is 20.4. The van der Waals surface area contributed by atoms with Crippen molar-refractivity contribution in [2.75, 3.05) is 12.9 Å². The van der Waals surface area contributed by atoms with Crippen LogP contribution >= 0.6 is 23.2 Å². The number of carbonyl (C=O) groups excluding carboxylic acids is 2. The number of Topliss-reactive ketones (excluding diaryl/α,β-unsaturated/α-hetero) is 1. The smallest absolute Gasteiger partial charge is 0.313 e. The van der Waals surface area contributed by atoms with E-state index >= 15 is 0 Å². The Morgan fingerprint density at radius 1 is 0.923 bits per heavy atom. The van der Waals surface area contributed by atoms with E-state index in [1.165, 1.54) is 0 Å². The molecule has 0 spiro atoms. The fourth-order valence-electron chi connectivity index (χ4n) is 2.47. The molecule has 0 saturated heterocycles. The Balaban J connectivity index is 2.42. The highest BCUT2D eigenvalue weighted by Crippen LogP contribution is 2.32. The number of hydrogen-bond acceptors (Lipinski definition) is 5. The molecule has 2 aromatic carbocycles.